The summed E-state index contributed by atoms with van der Waals surface area (Å²) >= 11 is 3.27. The summed E-state index contributed by atoms with van der Waals surface area (Å²) in [5.41, 5.74) is 0.437. The first-order valence-corrected chi connectivity index (χ1v) is 7.26. The lowest BCUT2D eigenvalue weighted by atomic mass is 10.3. The molecule has 1 heterocycles. The van der Waals surface area contributed by atoms with Crippen molar-refractivity contribution in [1.29, 1.82) is 0 Å². The Labute approximate surface area is 130 Å². The van der Waals surface area contributed by atoms with E-state index < -0.39 is 0 Å². The number of hydrogen-bond donors (Lipinski definition) is 1. The summed E-state index contributed by atoms with van der Waals surface area (Å²) in [6, 6.07) is 10.1. The SMILES string of the molecule is CCOc1ccc(NC(=O)Cn2cc(Br)ccc2=O)cc1. The summed E-state index contributed by atoms with van der Waals surface area (Å²) in [7, 11) is 0. The third kappa shape index (κ3) is 4.46. The average Bonchev–Trinajstić information content (AvgIpc) is 2.45. The second-order valence-corrected chi connectivity index (χ2v) is 5.23. The van der Waals surface area contributed by atoms with Crippen LogP contribution in [-0.2, 0) is 11.3 Å². The van der Waals surface area contributed by atoms with Crippen LogP contribution in [0.4, 0.5) is 5.69 Å². The Bertz CT molecular complexity index is 680. The zero-order chi connectivity index (χ0) is 15.2. The van der Waals surface area contributed by atoms with Crippen LogP contribution in [0, 0.1) is 0 Å². The van der Waals surface area contributed by atoms with Gasteiger partial charge in [0.2, 0.25) is 5.91 Å². The number of pyridine rings is 1. The number of rotatable bonds is 5. The highest BCUT2D eigenvalue weighted by atomic mass is 79.9. The molecule has 0 aliphatic rings. The van der Waals surface area contributed by atoms with Crippen molar-refractivity contribution >= 4 is 27.5 Å². The van der Waals surface area contributed by atoms with Crippen molar-refractivity contribution < 1.29 is 9.53 Å². The van der Waals surface area contributed by atoms with Crippen LogP contribution in [0.2, 0.25) is 0 Å². The van der Waals surface area contributed by atoms with Gasteiger partial charge in [-0.1, -0.05) is 0 Å². The molecule has 0 fully saturated rings. The molecule has 2 aromatic rings. The molecule has 1 aromatic heterocycles. The van der Waals surface area contributed by atoms with Crippen LogP contribution < -0.4 is 15.6 Å². The molecule has 5 nitrogen and oxygen atoms in total. The van der Waals surface area contributed by atoms with Crippen LogP contribution in [0.15, 0.2) is 51.9 Å². The number of carbonyl (C=O) groups is 1. The van der Waals surface area contributed by atoms with E-state index in [0.29, 0.717) is 12.3 Å². The zero-order valence-corrected chi connectivity index (χ0v) is 13.1. The zero-order valence-electron chi connectivity index (χ0n) is 11.5. The van der Waals surface area contributed by atoms with Crippen LogP contribution in [0.25, 0.3) is 0 Å². The van der Waals surface area contributed by atoms with Crippen LogP contribution in [-0.4, -0.2) is 17.1 Å². The molecule has 0 saturated heterocycles. The van der Waals surface area contributed by atoms with Gasteiger partial charge in [-0.15, -0.1) is 0 Å². The Hall–Kier alpha value is -2.08. The molecule has 2 rings (SSSR count). The molecule has 0 saturated carbocycles. The predicted molar refractivity (Wildman–Crippen MR) is 84.6 cm³/mol. The standard InChI is InChI=1S/C15H15BrN2O3/c1-2-21-13-6-4-12(5-7-13)17-14(19)10-18-9-11(16)3-8-15(18)20/h3-9H,2,10H2,1H3,(H,17,19). The highest BCUT2D eigenvalue weighted by Crippen LogP contribution is 2.15. The number of amides is 1. The summed E-state index contributed by atoms with van der Waals surface area (Å²) in [4.78, 5) is 23.6. The number of halogens is 1. The van der Waals surface area contributed by atoms with E-state index in [0.717, 1.165) is 10.2 Å². The first-order chi connectivity index (χ1) is 10.1. The van der Waals surface area contributed by atoms with Crippen molar-refractivity contribution in [2.24, 2.45) is 0 Å². The van der Waals surface area contributed by atoms with E-state index in [1.165, 1.54) is 10.6 Å². The van der Waals surface area contributed by atoms with Gasteiger partial charge in [-0.3, -0.25) is 9.59 Å². The van der Waals surface area contributed by atoms with Gasteiger partial charge < -0.3 is 14.6 Å². The van der Waals surface area contributed by atoms with E-state index in [1.807, 2.05) is 6.92 Å². The monoisotopic (exact) mass is 350 g/mol. The molecule has 0 unspecified atom stereocenters. The average molecular weight is 351 g/mol. The van der Waals surface area contributed by atoms with E-state index >= 15 is 0 Å². The van der Waals surface area contributed by atoms with Crippen LogP contribution in [0.1, 0.15) is 6.92 Å². The molecule has 1 amide bonds. The van der Waals surface area contributed by atoms with Gasteiger partial charge in [0, 0.05) is 22.4 Å². The highest BCUT2D eigenvalue weighted by Gasteiger charge is 2.05. The second-order valence-electron chi connectivity index (χ2n) is 4.32. The topological polar surface area (TPSA) is 60.3 Å². The van der Waals surface area contributed by atoms with E-state index in [2.05, 4.69) is 21.2 Å². The largest absolute Gasteiger partial charge is 0.494 e. The lowest BCUT2D eigenvalue weighted by Crippen LogP contribution is -2.26. The van der Waals surface area contributed by atoms with E-state index in [9.17, 15) is 9.59 Å². The van der Waals surface area contributed by atoms with Crippen LogP contribution in [0.3, 0.4) is 0 Å². The molecule has 6 heteroatoms. The molecule has 0 atom stereocenters. The number of hydrogen-bond acceptors (Lipinski definition) is 3. The molecule has 0 bridgehead atoms. The third-order valence-electron chi connectivity index (χ3n) is 2.71. The van der Waals surface area contributed by atoms with Crippen molar-refractivity contribution in [3.63, 3.8) is 0 Å². The number of benzene rings is 1. The minimum absolute atomic E-state index is 0.0362. The van der Waals surface area contributed by atoms with Gasteiger partial charge >= 0.3 is 0 Å². The number of anilines is 1. The van der Waals surface area contributed by atoms with Crippen molar-refractivity contribution in [1.82, 2.24) is 4.57 Å². The van der Waals surface area contributed by atoms with Gasteiger partial charge in [0.15, 0.2) is 0 Å². The first-order valence-electron chi connectivity index (χ1n) is 6.47. The minimum atomic E-state index is -0.264. The van der Waals surface area contributed by atoms with Gasteiger partial charge in [0.1, 0.15) is 12.3 Å². The van der Waals surface area contributed by atoms with Crippen molar-refractivity contribution in [2.45, 2.75) is 13.5 Å². The number of nitrogens with one attached hydrogen (secondary N) is 1. The Morgan fingerprint density at radius 2 is 1.95 bits per heavy atom. The first kappa shape index (κ1) is 15.3. The number of ether oxygens (including phenoxy) is 1. The molecule has 21 heavy (non-hydrogen) atoms. The molecule has 0 aliphatic heterocycles. The maximum atomic E-state index is 11.9. The molecule has 1 aromatic carbocycles. The summed E-state index contributed by atoms with van der Waals surface area (Å²) in [5, 5.41) is 2.74. The smallest absolute Gasteiger partial charge is 0.251 e. The number of carbonyl (C=O) groups excluding carboxylic acids is 1. The Kier molecular flexibility index (Phi) is 5.16. The minimum Gasteiger partial charge on any atom is -0.494 e. The Morgan fingerprint density at radius 1 is 1.24 bits per heavy atom. The third-order valence-corrected chi connectivity index (χ3v) is 3.18. The predicted octanol–water partition coefficient (Wildman–Crippen LogP) is 2.65. The van der Waals surface area contributed by atoms with E-state index in [1.54, 1.807) is 36.5 Å². The molecule has 0 spiro atoms. The normalized spacial score (nSPS) is 10.2. The number of nitrogens with zero attached hydrogens (tertiary/aromatic N) is 1. The van der Waals surface area contributed by atoms with Crippen molar-refractivity contribution in [2.75, 3.05) is 11.9 Å². The lowest BCUT2D eigenvalue weighted by Gasteiger charge is -2.08. The molecular weight excluding hydrogens is 336 g/mol. The van der Waals surface area contributed by atoms with E-state index in [4.69, 9.17) is 4.74 Å². The van der Waals surface area contributed by atoms with Gasteiger partial charge in [-0.2, -0.15) is 0 Å². The molecule has 1 N–H and O–H groups in total. The van der Waals surface area contributed by atoms with Crippen LogP contribution in [0.5, 0.6) is 5.75 Å². The maximum Gasteiger partial charge on any atom is 0.251 e. The second kappa shape index (κ2) is 7.08. The molecule has 0 aliphatic carbocycles. The quantitative estimate of drug-likeness (QED) is 0.901. The van der Waals surface area contributed by atoms with Gasteiger partial charge in [0.25, 0.3) is 5.56 Å². The summed E-state index contributed by atoms with van der Waals surface area (Å²) < 4.78 is 7.41. The lowest BCUT2D eigenvalue weighted by molar-refractivity contribution is -0.116. The fourth-order valence-electron chi connectivity index (χ4n) is 1.78. The molecule has 0 radical (unpaired) electrons. The van der Waals surface area contributed by atoms with Crippen LogP contribution >= 0.6 is 15.9 Å². The number of aromatic nitrogens is 1. The van der Waals surface area contributed by atoms with Crippen molar-refractivity contribution in [3.8, 4) is 5.75 Å². The van der Waals surface area contributed by atoms with Crippen molar-refractivity contribution in [3.05, 3.63) is 57.4 Å². The highest BCUT2D eigenvalue weighted by molar-refractivity contribution is 9.10. The molecular formula is C15H15BrN2O3. The molecule has 110 valence electrons. The van der Waals surface area contributed by atoms with Gasteiger partial charge in [-0.25, -0.2) is 0 Å². The Morgan fingerprint density at radius 3 is 2.62 bits per heavy atom. The van der Waals surface area contributed by atoms with Gasteiger partial charge in [0.05, 0.1) is 6.61 Å². The fraction of sp³-hybridized carbons (Fsp3) is 0.200. The summed E-state index contributed by atoms with van der Waals surface area (Å²) in [6.07, 6.45) is 1.58. The fourth-order valence-corrected chi connectivity index (χ4v) is 2.16. The maximum absolute atomic E-state index is 11.9. The summed E-state index contributed by atoms with van der Waals surface area (Å²) in [6.45, 7) is 2.47. The van der Waals surface area contributed by atoms with Gasteiger partial charge in [-0.05, 0) is 53.2 Å². The van der Waals surface area contributed by atoms with E-state index in [-0.39, 0.29) is 18.0 Å². The summed E-state index contributed by atoms with van der Waals surface area (Å²) in [5.74, 6) is 0.484. The Balaban J connectivity index is 2.01.